The normalized spacial score (nSPS) is 26.7. The second kappa shape index (κ2) is 4.19. The molecule has 0 aromatic heterocycles. The highest BCUT2D eigenvalue weighted by molar-refractivity contribution is 5.47. The number of piperidine rings is 1. The van der Waals surface area contributed by atoms with E-state index in [1.807, 2.05) is 0 Å². The zero-order valence-electron chi connectivity index (χ0n) is 8.86. The van der Waals surface area contributed by atoms with E-state index in [0.29, 0.717) is 6.04 Å². The van der Waals surface area contributed by atoms with Crippen LogP contribution in [0.2, 0.25) is 0 Å². The molecule has 1 saturated heterocycles. The monoisotopic (exact) mass is 209 g/mol. The quantitative estimate of drug-likeness (QED) is 0.766. The van der Waals surface area contributed by atoms with E-state index in [1.54, 1.807) is 12.1 Å². The second-order valence-corrected chi connectivity index (χ2v) is 4.20. The molecule has 0 saturated carbocycles. The lowest BCUT2D eigenvalue weighted by atomic mass is 10.00. The third-order valence-corrected chi connectivity index (χ3v) is 3.01. The molecule has 2 rings (SSSR count). The molecule has 1 aliphatic rings. The van der Waals surface area contributed by atoms with E-state index in [1.165, 1.54) is 12.1 Å². The van der Waals surface area contributed by atoms with Gasteiger partial charge in [0.2, 0.25) is 0 Å². The maximum absolute atomic E-state index is 12.8. The van der Waals surface area contributed by atoms with Crippen LogP contribution in [0.25, 0.3) is 0 Å². The Balaban J connectivity index is 2.13. The van der Waals surface area contributed by atoms with Gasteiger partial charge in [0.1, 0.15) is 5.82 Å². The van der Waals surface area contributed by atoms with Gasteiger partial charge in [0, 0.05) is 18.3 Å². The lowest BCUT2D eigenvalue weighted by Gasteiger charge is -2.37. The molecule has 2 unspecified atom stereocenters. The van der Waals surface area contributed by atoms with Crippen molar-refractivity contribution in [1.29, 1.82) is 0 Å². The summed E-state index contributed by atoms with van der Waals surface area (Å²) in [5.74, 6) is -0.205. The fourth-order valence-electron chi connectivity index (χ4n) is 2.16. The highest BCUT2D eigenvalue weighted by atomic mass is 19.1. The van der Waals surface area contributed by atoms with Gasteiger partial charge in [0.15, 0.2) is 0 Å². The molecule has 1 N–H and O–H groups in total. The summed E-state index contributed by atoms with van der Waals surface area (Å²) in [6.45, 7) is 2.93. The van der Waals surface area contributed by atoms with Crippen LogP contribution in [-0.4, -0.2) is 23.8 Å². The summed E-state index contributed by atoms with van der Waals surface area (Å²) < 4.78 is 12.8. The smallest absolute Gasteiger partial charge is 0.123 e. The second-order valence-electron chi connectivity index (χ2n) is 4.20. The van der Waals surface area contributed by atoms with E-state index in [0.717, 1.165) is 25.1 Å². The van der Waals surface area contributed by atoms with Crippen LogP contribution in [0, 0.1) is 5.82 Å². The van der Waals surface area contributed by atoms with Gasteiger partial charge in [-0.15, -0.1) is 0 Å². The lowest BCUT2D eigenvalue weighted by molar-refractivity contribution is 0.131. The fraction of sp³-hybridized carbons (Fsp3) is 0.500. The molecule has 2 atom stereocenters. The summed E-state index contributed by atoms with van der Waals surface area (Å²) in [4.78, 5) is 2.21. The number of hydrogen-bond acceptors (Lipinski definition) is 2. The number of halogens is 1. The standard InChI is InChI=1S/C12H16FNO/c1-9-8-12(15)6-7-14(9)11-4-2-10(13)3-5-11/h2-5,9,12,15H,6-8H2,1H3. The maximum atomic E-state index is 12.8. The Labute approximate surface area is 89.3 Å². The fourth-order valence-corrected chi connectivity index (χ4v) is 2.16. The molecular formula is C12H16FNO. The van der Waals surface area contributed by atoms with Crippen LogP contribution in [-0.2, 0) is 0 Å². The number of rotatable bonds is 1. The third kappa shape index (κ3) is 2.29. The molecule has 0 amide bonds. The van der Waals surface area contributed by atoms with E-state index in [4.69, 9.17) is 0 Å². The van der Waals surface area contributed by atoms with Crippen molar-refractivity contribution in [2.24, 2.45) is 0 Å². The number of hydrogen-bond donors (Lipinski definition) is 1. The van der Waals surface area contributed by atoms with Crippen molar-refractivity contribution in [3.8, 4) is 0 Å². The zero-order valence-corrected chi connectivity index (χ0v) is 8.86. The third-order valence-electron chi connectivity index (χ3n) is 3.01. The molecule has 0 aliphatic carbocycles. The van der Waals surface area contributed by atoms with Crippen LogP contribution in [0.3, 0.4) is 0 Å². The van der Waals surface area contributed by atoms with Crippen molar-refractivity contribution in [2.45, 2.75) is 31.9 Å². The van der Waals surface area contributed by atoms with Crippen molar-refractivity contribution in [3.63, 3.8) is 0 Å². The molecule has 1 aromatic rings. The first-order valence-electron chi connectivity index (χ1n) is 5.37. The number of nitrogens with zero attached hydrogens (tertiary/aromatic N) is 1. The molecule has 0 bridgehead atoms. The molecule has 1 heterocycles. The predicted octanol–water partition coefficient (Wildman–Crippen LogP) is 2.18. The Hall–Kier alpha value is -1.09. The number of anilines is 1. The zero-order chi connectivity index (χ0) is 10.8. The number of benzene rings is 1. The van der Waals surface area contributed by atoms with Crippen LogP contribution >= 0.6 is 0 Å². The highest BCUT2D eigenvalue weighted by Crippen LogP contribution is 2.24. The van der Waals surface area contributed by atoms with Crippen molar-refractivity contribution >= 4 is 5.69 Å². The van der Waals surface area contributed by atoms with Gasteiger partial charge in [-0.1, -0.05) is 0 Å². The molecular weight excluding hydrogens is 193 g/mol. The minimum absolute atomic E-state index is 0.184. The van der Waals surface area contributed by atoms with Crippen LogP contribution in [0.1, 0.15) is 19.8 Å². The van der Waals surface area contributed by atoms with Crippen LogP contribution in [0.5, 0.6) is 0 Å². The first-order chi connectivity index (χ1) is 7.16. The van der Waals surface area contributed by atoms with Gasteiger partial charge < -0.3 is 10.0 Å². The van der Waals surface area contributed by atoms with Gasteiger partial charge in [0.25, 0.3) is 0 Å². The Morgan fingerprint density at radius 3 is 2.60 bits per heavy atom. The first kappa shape index (κ1) is 10.4. The minimum atomic E-state index is -0.205. The molecule has 1 aliphatic heterocycles. The molecule has 1 fully saturated rings. The Kier molecular flexibility index (Phi) is 2.91. The van der Waals surface area contributed by atoms with Gasteiger partial charge in [-0.25, -0.2) is 4.39 Å². The number of aliphatic hydroxyl groups excluding tert-OH is 1. The van der Waals surface area contributed by atoms with Crippen LogP contribution in [0.15, 0.2) is 24.3 Å². The van der Waals surface area contributed by atoms with Crippen molar-refractivity contribution in [1.82, 2.24) is 0 Å². The van der Waals surface area contributed by atoms with Gasteiger partial charge in [-0.05, 0) is 44.0 Å². The Bertz CT molecular complexity index is 325. The van der Waals surface area contributed by atoms with Crippen molar-refractivity contribution < 1.29 is 9.50 Å². The largest absolute Gasteiger partial charge is 0.393 e. The first-order valence-corrected chi connectivity index (χ1v) is 5.37. The summed E-state index contributed by atoms with van der Waals surface area (Å²) in [5, 5.41) is 9.50. The van der Waals surface area contributed by atoms with Gasteiger partial charge in [-0.2, -0.15) is 0 Å². The molecule has 0 radical (unpaired) electrons. The maximum Gasteiger partial charge on any atom is 0.123 e. The molecule has 15 heavy (non-hydrogen) atoms. The summed E-state index contributed by atoms with van der Waals surface area (Å²) in [5.41, 5.74) is 1.04. The molecule has 0 spiro atoms. The van der Waals surface area contributed by atoms with E-state index >= 15 is 0 Å². The lowest BCUT2D eigenvalue weighted by Crippen LogP contribution is -2.42. The van der Waals surface area contributed by atoms with Gasteiger partial charge >= 0.3 is 0 Å². The molecule has 3 heteroatoms. The van der Waals surface area contributed by atoms with E-state index in [2.05, 4.69) is 11.8 Å². The summed E-state index contributed by atoms with van der Waals surface area (Å²) >= 11 is 0. The average molecular weight is 209 g/mol. The SMILES string of the molecule is CC1CC(O)CCN1c1ccc(F)cc1. The van der Waals surface area contributed by atoms with Crippen LogP contribution < -0.4 is 4.90 Å². The minimum Gasteiger partial charge on any atom is -0.393 e. The van der Waals surface area contributed by atoms with E-state index < -0.39 is 0 Å². The molecule has 82 valence electrons. The average Bonchev–Trinajstić information content (AvgIpc) is 2.20. The summed E-state index contributed by atoms with van der Waals surface area (Å²) in [7, 11) is 0. The predicted molar refractivity (Wildman–Crippen MR) is 58.4 cm³/mol. The van der Waals surface area contributed by atoms with Gasteiger partial charge in [0.05, 0.1) is 6.10 Å². The van der Waals surface area contributed by atoms with Gasteiger partial charge in [-0.3, -0.25) is 0 Å². The molecule has 2 nitrogen and oxygen atoms in total. The van der Waals surface area contributed by atoms with Crippen molar-refractivity contribution in [3.05, 3.63) is 30.1 Å². The Morgan fingerprint density at radius 1 is 1.33 bits per heavy atom. The van der Waals surface area contributed by atoms with E-state index in [-0.39, 0.29) is 11.9 Å². The highest BCUT2D eigenvalue weighted by Gasteiger charge is 2.23. The van der Waals surface area contributed by atoms with E-state index in [9.17, 15) is 9.50 Å². The topological polar surface area (TPSA) is 23.5 Å². The number of aliphatic hydroxyl groups is 1. The molecule has 1 aromatic carbocycles. The van der Waals surface area contributed by atoms with Crippen LogP contribution in [0.4, 0.5) is 10.1 Å². The summed E-state index contributed by atoms with van der Waals surface area (Å²) in [6.07, 6.45) is 1.40. The Morgan fingerprint density at radius 2 is 2.00 bits per heavy atom. The van der Waals surface area contributed by atoms with Crippen molar-refractivity contribution in [2.75, 3.05) is 11.4 Å². The summed E-state index contributed by atoms with van der Waals surface area (Å²) in [6, 6.07) is 6.87.